The predicted molar refractivity (Wildman–Crippen MR) is 109 cm³/mol. The number of rotatable bonds is 4. The van der Waals surface area contributed by atoms with Crippen molar-refractivity contribution < 1.29 is 28.3 Å². The number of hydrogen-bond acceptors (Lipinski definition) is 6. The van der Waals surface area contributed by atoms with Gasteiger partial charge in [0.1, 0.15) is 24.0 Å². The fourth-order valence-corrected chi connectivity index (χ4v) is 3.51. The number of aliphatic hydroxyl groups excluding tert-OH is 1. The summed E-state index contributed by atoms with van der Waals surface area (Å²) in [5, 5.41) is 19.0. The Morgan fingerprint density at radius 3 is 2.53 bits per heavy atom. The van der Waals surface area contributed by atoms with Gasteiger partial charge in [-0.3, -0.25) is 4.79 Å². The molecule has 2 aliphatic heterocycles. The molecule has 30 heavy (non-hydrogen) atoms. The molecular formula is C21H28BFN2O5. The summed E-state index contributed by atoms with van der Waals surface area (Å²) < 4.78 is 32.5. The zero-order valence-corrected chi connectivity index (χ0v) is 18.0. The third-order valence-electron chi connectivity index (χ3n) is 6.08. The molecule has 1 aromatic carbocycles. The van der Waals surface area contributed by atoms with Crippen molar-refractivity contribution in [1.82, 2.24) is 4.90 Å². The number of amides is 1. The van der Waals surface area contributed by atoms with Gasteiger partial charge < -0.3 is 24.1 Å². The summed E-state index contributed by atoms with van der Waals surface area (Å²) >= 11 is 0. The van der Waals surface area contributed by atoms with Crippen molar-refractivity contribution in [2.24, 2.45) is 0 Å². The molecular weight excluding hydrogens is 390 g/mol. The van der Waals surface area contributed by atoms with E-state index in [1.54, 1.807) is 18.2 Å². The summed E-state index contributed by atoms with van der Waals surface area (Å²) in [7, 11) is -0.611. The van der Waals surface area contributed by atoms with Gasteiger partial charge in [-0.05, 0) is 52.2 Å². The number of benzene rings is 1. The van der Waals surface area contributed by atoms with E-state index >= 15 is 0 Å². The summed E-state index contributed by atoms with van der Waals surface area (Å²) in [6, 6.07) is 7.10. The Morgan fingerprint density at radius 1 is 1.37 bits per heavy atom. The normalized spacial score (nSPS) is 26.2. The molecule has 3 atom stereocenters. The molecule has 0 aliphatic carbocycles. The number of likely N-dealkylation sites (tertiary alicyclic amines) is 1. The van der Waals surface area contributed by atoms with E-state index in [4.69, 9.17) is 14.0 Å². The van der Waals surface area contributed by atoms with Crippen molar-refractivity contribution in [2.45, 2.75) is 70.6 Å². The van der Waals surface area contributed by atoms with Crippen molar-refractivity contribution in [3.8, 4) is 11.8 Å². The molecule has 162 valence electrons. The minimum atomic E-state index is -1.42. The molecule has 0 aromatic heterocycles. The van der Waals surface area contributed by atoms with Crippen LogP contribution in [0.25, 0.3) is 0 Å². The van der Waals surface area contributed by atoms with Gasteiger partial charge in [-0.25, -0.2) is 4.39 Å². The third kappa shape index (κ3) is 4.31. The summed E-state index contributed by atoms with van der Waals surface area (Å²) in [6.45, 7) is 9.29. The van der Waals surface area contributed by atoms with Crippen molar-refractivity contribution >= 4 is 18.5 Å². The van der Waals surface area contributed by atoms with Gasteiger partial charge in [-0.2, -0.15) is 5.26 Å². The van der Waals surface area contributed by atoms with Crippen LogP contribution in [0.4, 0.5) is 4.39 Å². The number of aliphatic hydroxyl groups is 1. The number of carbonyl (C=O) groups is 1. The first kappa shape index (κ1) is 22.5. The van der Waals surface area contributed by atoms with Crippen molar-refractivity contribution in [3.63, 3.8) is 0 Å². The molecule has 2 heterocycles. The van der Waals surface area contributed by atoms with E-state index in [9.17, 15) is 19.6 Å². The molecule has 1 N–H and O–H groups in total. The van der Waals surface area contributed by atoms with Crippen molar-refractivity contribution in [3.05, 3.63) is 23.8 Å². The predicted octanol–water partition coefficient (Wildman–Crippen LogP) is 1.56. The fourth-order valence-electron chi connectivity index (χ4n) is 3.51. The van der Waals surface area contributed by atoms with Gasteiger partial charge in [-0.1, -0.05) is 6.07 Å². The van der Waals surface area contributed by atoms with E-state index in [-0.39, 0.29) is 30.8 Å². The molecule has 7 nitrogen and oxygen atoms in total. The third-order valence-corrected chi connectivity index (χ3v) is 6.08. The lowest BCUT2D eigenvalue weighted by Gasteiger charge is -2.35. The average molecular weight is 418 g/mol. The second-order valence-corrected chi connectivity index (χ2v) is 8.88. The maximum absolute atomic E-state index is 14.6. The minimum Gasteiger partial charge on any atom is -0.486 e. The number of halogens is 1. The smallest absolute Gasteiger partial charge is 0.486 e. The van der Waals surface area contributed by atoms with Gasteiger partial charge in [0.05, 0.1) is 23.3 Å². The van der Waals surface area contributed by atoms with Gasteiger partial charge in [0.2, 0.25) is 0 Å². The van der Waals surface area contributed by atoms with Gasteiger partial charge in [0.15, 0.2) is 6.17 Å². The standard InChI is InChI=1S/C21H28BFN2O5/c1-13(26)19(27)25-9-8-18(16(23)12-25)28-17-7-6-15(10-14(17)11-24)22-29-20(2,3)21(4,5)30-22/h6-7,10,13,16,18,26H,8-9,12H2,1-5H3/t13-,16-,18?/m0/s1. The van der Waals surface area contributed by atoms with Crippen molar-refractivity contribution in [2.75, 3.05) is 13.1 Å². The lowest BCUT2D eigenvalue weighted by Crippen LogP contribution is -2.51. The molecule has 1 unspecified atom stereocenters. The maximum Gasteiger partial charge on any atom is 0.494 e. The molecule has 0 saturated carbocycles. The van der Waals surface area contributed by atoms with E-state index in [1.165, 1.54) is 11.8 Å². The highest BCUT2D eigenvalue weighted by Crippen LogP contribution is 2.36. The Bertz CT molecular complexity index is 838. The van der Waals surface area contributed by atoms with E-state index < -0.39 is 42.6 Å². The van der Waals surface area contributed by atoms with Gasteiger partial charge in [0, 0.05) is 13.0 Å². The van der Waals surface area contributed by atoms with Crippen LogP contribution in [0.2, 0.25) is 0 Å². The highest BCUT2D eigenvalue weighted by Gasteiger charge is 2.51. The summed E-state index contributed by atoms with van der Waals surface area (Å²) in [4.78, 5) is 13.2. The van der Waals surface area contributed by atoms with E-state index in [0.29, 0.717) is 5.46 Å². The number of nitrogens with zero attached hydrogens (tertiary/aromatic N) is 2. The molecule has 1 amide bonds. The van der Waals surface area contributed by atoms with Gasteiger partial charge in [0.25, 0.3) is 5.91 Å². The van der Waals surface area contributed by atoms with Crippen LogP contribution in [0, 0.1) is 11.3 Å². The van der Waals surface area contributed by atoms with Crippen LogP contribution in [-0.4, -0.2) is 65.7 Å². The Morgan fingerprint density at radius 2 is 2.00 bits per heavy atom. The van der Waals surface area contributed by atoms with Crippen molar-refractivity contribution in [1.29, 1.82) is 5.26 Å². The minimum absolute atomic E-state index is 0.151. The molecule has 0 radical (unpaired) electrons. The number of nitriles is 1. The Hall–Kier alpha value is -2.15. The van der Waals surface area contributed by atoms with Crippen LogP contribution in [0.3, 0.4) is 0 Å². The van der Waals surface area contributed by atoms with Crippen LogP contribution in [0.5, 0.6) is 5.75 Å². The molecule has 2 aliphatic rings. The Kier molecular flexibility index (Phi) is 6.14. The highest BCUT2D eigenvalue weighted by atomic mass is 19.1. The largest absolute Gasteiger partial charge is 0.494 e. The van der Waals surface area contributed by atoms with Crippen LogP contribution in [0.15, 0.2) is 18.2 Å². The molecule has 1 aromatic rings. The Balaban J connectivity index is 1.71. The second-order valence-electron chi connectivity index (χ2n) is 8.88. The average Bonchev–Trinajstić information content (AvgIpc) is 2.90. The Labute approximate surface area is 176 Å². The van der Waals surface area contributed by atoms with Crippen LogP contribution < -0.4 is 10.2 Å². The zero-order valence-electron chi connectivity index (χ0n) is 18.0. The topological polar surface area (TPSA) is 92.0 Å². The van der Waals surface area contributed by atoms with Gasteiger partial charge in [-0.15, -0.1) is 0 Å². The molecule has 0 bridgehead atoms. The van der Waals surface area contributed by atoms with E-state index in [0.717, 1.165) is 0 Å². The quantitative estimate of drug-likeness (QED) is 0.747. The first-order valence-corrected chi connectivity index (χ1v) is 10.1. The monoisotopic (exact) mass is 418 g/mol. The molecule has 3 rings (SSSR count). The number of carbonyl (C=O) groups excluding carboxylic acids is 1. The van der Waals surface area contributed by atoms with Crippen LogP contribution in [0.1, 0.15) is 46.6 Å². The molecule has 0 spiro atoms. The summed E-state index contributed by atoms with van der Waals surface area (Å²) in [5.41, 5.74) is -0.0551. The molecule has 2 fully saturated rings. The first-order chi connectivity index (χ1) is 13.9. The fraction of sp³-hybridized carbons (Fsp3) is 0.619. The summed E-state index contributed by atoms with van der Waals surface area (Å²) in [5.74, 6) is -0.221. The molecule has 9 heteroatoms. The highest BCUT2D eigenvalue weighted by molar-refractivity contribution is 6.62. The van der Waals surface area contributed by atoms with Crippen LogP contribution >= 0.6 is 0 Å². The van der Waals surface area contributed by atoms with E-state index in [2.05, 4.69) is 6.07 Å². The lowest BCUT2D eigenvalue weighted by molar-refractivity contribution is -0.143. The number of alkyl halides is 1. The van der Waals surface area contributed by atoms with E-state index in [1.807, 2.05) is 27.7 Å². The zero-order chi connectivity index (χ0) is 22.3. The SMILES string of the molecule is C[C@H](O)C(=O)N1CCC(Oc2ccc(B3OC(C)(C)C(C)(C)O3)cc2C#N)[C@@H](F)C1. The first-order valence-electron chi connectivity index (χ1n) is 10.1. The summed E-state index contributed by atoms with van der Waals surface area (Å²) in [6.07, 6.45) is -3.10. The van der Waals surface area contributed by atoms with Crippen LogP contribution in [-0.2, 0) is 14.1 Å². The van der Waals surface area contributed by atoms with Gasteiger partial charge >= 0.3 is 7.12 Å². The number of ether oxygens (including phenoxy) is 1. The second kappa shape index (κ2) is 8.18. The maximum atomic E-state index is 14.6. The number of hydrogen-bond donors (Lipinski definition) is 1. The lowest BCUT2D eigenvalue weighted by atomic mass is 9.78. The molecule has 2 saturated heterocycles. The number of piperidine rings is 1.